The van der Waals surface area contributed by atoms with E-state index in [9.17, 15) is 4.79 Å². The molecule has 0 aliphatic carbocycles. The Balaban J connectivity index is 1.24. The van der Waals surface area contributed by atoms with Crippen molar-refractivity contribution < 1.29 is 4.74 Å². The molecule has 31 heavy (non-hydrogen) atoms. The number of thioether (sulfide) groups is 1. The van der Waals surface area contributed by atoms with E-state index >= 15 is 0 Å². The molecule has 1 aromatic heterocycles. The second-order valence-corrected chi connectivity index (χ2v) is 9.43. The van der Waals surface area contributed by atoms with E-state index in [0.717, 1.165) is 72.6 Å². The van der Waals surface area contributed by atoms with Gasteiger partial charge in [-0.1, -0.05) is 12.1 Å². The van der Waals surface area contributed by atoms with Crippen molar-refractivity contribution in [3.05, 3.63) is 75.1 Å². The Hall–Kier alpha value is -2.75. The molecule has 1 fully saturated rings. The van der Waals surface area contributed by atoms with Crippen molar-refractivity contribution in [3.63, 3.8) is 0 Å². The van der Waals surface area contributed by atoms with Gasteiger partial charge in [0.15, 0.2) is 0 Å². The summed E-state index contributed by atoms with van der Waals surface area (Å²) in [5, 5.41) is 10.1. The number of nitrogens with zero attached hydrogens (tertiary/aromatic N) is 2. The highest BCUT2D eigenvalue weighted by atomic mass is 32.2. The van der Waals surface area contributed by atoms with Crippen molar-refractivity contribution in [1.82, 2.24) is 9.88 Å². The first-order valence-electron chi connectivity index (χ1n) is 10.8. The molecule has 158 valence electrons. The van der Waals surface area contributed by atoms with Gasteiger partial charge in [-0.3, -0.25) is 9.69 Å². The van der Waals surface area contributed by atoms with Crippen molar-refractivity contribution in [1.29, 1.82) is 5.26 Å². The van der Waals surface area contributed by atoms with Crippen LogP contribution < -0.4 is 10.3 Å². The minimum Gasteiger partial charge on any atom is -0.490 e. The van der Waals surface area contributed by atoms with E-state index in [4.69, 9.17) is 10.00 Å². The smallest absolute Gasteiger partial charge is 0.252 e. The molecule has 0 amide bonds. The standard InChI is InChI=1S/C25H25N3O2S/c26-14-17-1-3-18(4-2-17)15-28-10-7-19(8-11-28)30-20-5-6-24-22(13-20)21-9-12-31-16-23(21)25(29)27-24/h1-6,13,19H,7-12,15-16H2,(H,27,29). The zero-order chi connectivity index (χ0) is 21.2. The van der Waals surface area contributed by atoms with Crippen LogP contribution in [0, 0.1) is 11.3 Å². The molecular formula is C25H25N3O2S. The maximum atomic E-state index is 12.4. The lowest BCUT2D eigenvalue weighted by Gasteiger charge is -2.32. The van der Waals surface area contributed by atoms with Crippen LogP contribution in [0.4, 0.5) is 0 Å². The lowest BCUT2D eigenvalue weighted by atomic mass is 10.0. The third-order valence-electron chi connectivity index (χ3n) is 6.27. The first kappa shape index (κ1) is 20.2. The highest BCUT2D eigenvalue weighted by Crippen LogP contribution is 2.30. The summed E-state index contributed by atoms with van der Waals surface area (Å²) in [5.41, 5.74) is 5.02. The van der Waals surface area contributed by atoms with Crippen LogP contribution in [-0.4, -0.2) is 34.8 Å². The molecule has 1 N–H and O–H groups in total. The van der Waals surface area contributed by atoms with Gasteiger partial charge in [0, 0.05) is 41.9 Å². The summed E-state index contributed by atoms with van der Waals surface area (Å²) in [4.78, 5) is 17.8. The molecule has 0 spiro atoms. The molecule has 0 atom stereocenters. The van der Waals surface area contributed by atoms with Crippen LogP contribution >= 0.6 is 11.8 Å². The third kappa shape index (κ3) is 4.34. The van der Waals surface area contributed by atoms with E-state index in [1.54, 1.807) is 0 Å². The molecule has 5 nitrogen and oxygen atoms in total. The molecule has 2 aliphatic heterocycles. The first-order chi connectivity index (χ1) is 15.2. The lowest BCUT2D eigenvalue weighted by molar-refractivity contribution is 0.0969. The van der Waals surface area contributed by atoms with Gasteiger partial charge in [-0.25, -0.2) is 0 Å². The number of H-pyrrole nitrogens is 1. The highest BCUT2D eigenvalue weighted by molar-refractivity contribution is 7.98. The second kappa shape index (κ2) is 8.78. The van der Waals surface area contributed by atoms with Crippen LogP contribution in [0.25, 0.3) is 10.9 Å². The molecule has 0 saturated carbocycles. The number of likely N-dealkylation sites (tertiary alicyclic amines) is 1. The van der Waals surface area contributed by atoms with Gasteiger partial charge in [-0.15, -0.1) is 0 Å². The Labute approximate surface area is 186 Å². The Morgan fingerprint density at radius 2 is 1.94 bits per heavy atom. The van der Waals surface area contributed by atoms with Crippen LogP contribution in [0.2, 0.25) is 0 Å². The van der Waals surface area contributed by atoms with Crippen LogP contribution in [-0.2, 0) is 18.7 Å². The fourth-order valence-corrected chi connectivity index (χ4v) is 5.56. The maximum Gasteiger partial charge on any atom is 0.252 e. The number of pyridine rings is 1. The Kier molecular flexibility index (Phi) is 5.71. The SMILES string of the molecule is N#Cc1ccc(CN2CCC(Oc3ccc4[nH]c(=O)c5c(c4c3)CCSC5)CC2)cc1. The average molecular weight is 432 g/mol. The summed E-state index contributed by atoms with van der Waals surface area (Å²) < 4.78 is 6.35. The summed E-state index contributed by atoms with van der Waals surface area (Å²) in [6.45, 7) is 2.91. The predicted octanol–water partition coefficient (Wildman–Crippen LogP) is 4.23. The molecular weight excluding hydrogens is 406 g/mol. The minimum atomic E-state index is 0.0537. The Morgan fingerprint density at radius 1 is 1.13 bits per heavy atom. The van der Waals surface area contributed by atoms with Crippen LogP contribution in [0.5, 0.6) is 5.75 Å². The number of aromatic amines is 1. The van der Waals surface area contributed by atoms with E-state index in [0.29, 0.717) is 5.56 Å². The number of hydrogen-bond donors (Lipinski definition) is 1. The molecule has 2 aromatic carbocycles. The molecule has 3 heterocycles. The fraction of sp³-hybridized carbons (Fsp3) is 0.360. The van der Waals surface area contributed by atoms with Crippen molar-refractivity contribution >= 4 is 22.7 Å². The van der Waals surface area contributed by atoms with Crippen LogP contribution in [0.15, 0.2) is 47.3 Å². The van der Waals surface area contributed by atoms with Crippen molar-refractivity contribution in [3.8, 4) is 11.8 Å². The second-order valence-electron chi connectivity index (χ2n) is 8.32. The monoisotopic (exact) mass is 431 g/mol. The number of nitriles is 1. The number of aryl methyl sites for hydroxylation is 1. The van der Waals surface area contributed by atoms with Gasteiger partial charge in [0.05, 0.1) is 11.6 Å². The topological polar surface area (TPSA) is 69.1 Å². The number of nitrogens with one attached hydrogen (secondary N) is 1. The Morgan fingerprint density at radius 3 is 2.71 bits per heavy atom. The number of ether oxygens (including phenoxy) is 1. The number of hydrogen-bond acceptors (Lipinski definition) is 5. The van der Waals surface area contributed by atoms with Gasteiger partial charge in [-0.05, 0) is 66.5 Å². The predicted molar refractivity (Wildman–Crippen MR) is 125 cm³/mol. The van der Waals surface area contributed by atoms with E-state index in [1.165, 1.54) is 11.1 Å². The Bertz CT molecular complexity index is 1190. The van der Waals surface area contributed by atoms with E-state index in [1.807, 2.05) is 48.2 Å². The number of rotatable bonds is 4. The zero-order valence-corrected chi connectivity index (χ0v) is 18.2. The molecule has 1 saturated heterocycles. The fourth-order valence-electron chi connectivity index (χ4n) is 4.56. The summed E-state index contributed by atoms with van der Waals surface area (Å²) >= 11 is 1.83. The van der Waals surface area contributed by atoms with Crippen molar-refractivity contribution in [2.45, 2.75) is 37.7 Å². The van der Waals surface area contributed by atoms with Crippen LogP contribution in [0.3, 0.4) is 0 Å². The molecule has 2 aliphatic rings. The largest absolute Gasteiger partial charge is 0.490 e. The number of aromatic nitrogens is 1. The summed E-state index contributed by atoms with van der Waals surface area (Å²) in [6.07, 6.45) is 3.14. The van der Waals surface area contributed by atoms with E-state index in [-0.39, 0.29) is 11.7 Å². The number of piperidine rings is 1. The van der Waals surface area contributed by atoms with Gasteiger partial charge in [0.1, 0.15) is 11.9 Å². The average Bonchev–Trinajstić information content (AvgIpc) is 2.81. The summed E-state index contributed by atoms with van der Waals surface area (Å²) in [7, 11) is 0. The summed E-state index contributed by atoms with van der Waals surface area (Å²) in [6, 6.07) is 16.1. The van der Waals surface area contributed by atoms with Gasteiger partial charge in [-0.2, -0.15) is 17.0 Å². The van der Waals surface area contributed by atoms with Crippen LogP contribution in [0.1, 0.15) is 35.1 Å². The molecule has 0 radical (unpaired) electrons. The van der Waals surface area contributed by atoms with Crippen molar-refractivity contribution in [2.24, 2.45) is 0 Å². The zero-order valence-electron chi connectivity index (χ0n) is 17.4. The lowest BCUT2D eigenvalue weighted by Crippen LogP contribution is -2.37. The quantitative estimate of drug-likeness (QED) is 0.669. The maximum absolute atomic E-state index is 12.4. The van der Waals surface area contributed by atoms with Gasteiger partial charge < -0.3 is 9.72 Å². The molecule has 6 heteroatoms. The first-order valence-corrected chi connectivity index (χ1v) is 12.0. The molecule has 3 aromatic rings. The summed E-state index contributed by atoms with van der Waals surface area (Å²) in [5.74, 6) is 2.75. The van der Waals surface area contributed by atoms with Gasteiger partial charge in [0.25, 0.3) is 5.56 Å². The third-order valence-corrected chi connectivity index (χ3v) is 7.26. The van der Waals surface area contributed by atoms with E-state index < -0.39 is 0 Å². The van der Waals surface area contributed by atoms with Gasteiger partial charge >= 0.3 is 0 Å². The highest BCUT2D eigenvalue weighted by Gasteiger charge is 2.22. The molecule has 0 bridgehead atoms. The normalized spacial score (nSPS) is 17.3. The molecule has 0 unspecified atom stereocenters. The number of fused-ring (bicyclic) bond motifs is 3. The van der Waals surface area contributed by atoms with E-state index in [2.05, 4.69) is 22.0 Å². The molecule has 5 rings (SSSR count). The number of benzene rings is 2. The minimum absolute atomic E-state index is 0.0537. The van der Waals surface area contributed by atoms with Gasteiger partial charge in [0.2, 0.25) is 0 Å². The van der Waals surface area contributed by atoms with Crippen molar-refractivity contribution in [2.75, 3.05) is 18.8 Å².